The van der Waals surface area contributed by atoms with E-state index >= 15 is 0 Å². The van der Waals surface area contributed by atoms with Crippen molar-refractivity contribution in [3.63, 3.8) is 0 Å². The number of nitrogens with one attached hydrogen (secondary N) is 1. The number of rotatable bonds is 0. The van der Waals surface area contributed by atoms with Crippen LogP contribution in [0.15, 0.2) is 0 Å². The second-order valence-corrected chi connectivity index (χ2v) is 5.27. The zero-order valence-corrected chi connectivity index (χ0v) is 10.9. The highest BCUT2D eigenvalue weighted by atomic mass is 16.6. The smallest absolute Gasteiger partial charge is 0.410 e. The summed E-state index contributed by atoms with van der Waals surface area (Å²) in [5, 5.41) is 2.81. The van der Waals surface area contributed by atoms with Crippen LogP contribution in [-0.4, -0.2) is 42.1 Å². The predicted octanol–water partition coefficient (Wildman–Crippen LogP) is 1.52. The summed E-state index contributed by atoms with van der Waals surface area (Å²) in [6.07, 6.45) is 1.80. The second-order valence-electron chi connectivity index (χ2n) is 5.27. The van der Waals surface area contributed by atoms with Crippen LogP contribution in [0.3, 0.4) is 0 Å². The molecule has 0 aromatic carbocycles. The quantitative estimate of drug-likeness (QED) is 0.700. The van der Waals surface area contributed by atoms with E-state index in [1.807, 2.05) is 20.8 Å². The average molecular weight is 242 g/mol. The Morgan fingerprint density at radius 2 is 2.00 bits per heavy atom. The Kier molecular flexibility index (Phi) is 4.78. The van der Waals surface area contributed by atoms with Crippen molar-refractivity contribution in [3.05, 3.63) is 0 Å². The Hall–Kier alpha value is -1.26. The van der Waals surface area contributed by atoms with Crippen LogP contribution in [0.2, 0.25) is 0 Å². The Morgan fingerprint density at radius 1 is 1.29 bits per heavy atom. The topological polar surface area (TPSA) is 58.6 Å². The molecule has 5 heteroatoms. The Morgan fingerprint density at radius 3 is 2.65 bits per heavy atom. The van der Waals surface area contributed by atoms with Crippen molar-refractivity contribution in [2.24, 2.45) is 0 Å². The second kappa shape index (κ2) is 5.89. The molecule has 1 N–H and O–H groups in total. The number of hydrogen-bond donors (Lipinski definition) is 1. The number of carbonyl (C=O) groups excluding carboxylic acids is 2. The predicted molar refractivity (Wildman–Crippen MR) is 64.7 cm³/mol. The van der Waals surface area contributed by atoms with Gasteiger partial charge in [-0.15, -0.1) is 0 Å². The molecular weight excluding hydrogens is 220 g/mol. The van der Waals surface area contributed by atoms with Gasteiger partial charge in [-0.25, -0.2) is 4.79 Å². The molecule has 17 heavy (non-hydrogen) atoms. The molecule has 0 aromatic rings. The molecule has 5 nitrogen and oxygen atoms in total. The highest BCUT2D eigenvalue weighted by molar-refractivity contribution is 5.77. The Balaban J connectivity index is 2.54. The van der Waals surface area contributed by atoms with Gasteiger partial charge in [-0.3, -0.25) is 4.79 Å². The van der Waals surface area contributed by atoms with E-state index < -0.39 is 5.60 Å². The van der Waals surface area contributed by atoms with Crippen LogP contribution in [0.4, 0.5) is 4.79 Å². The van der Waals surface area contributed by atoms with E-state index in [0.717, 1.165) is 12.8 Å². The summed E-state index contributed by atoms with van der Waals surface area (Å²) in [6, 6.07) is 0. The zero-order chi connectivity index (χ0) is 12.9. The first kappa shape index (κ1) is 13.8. The van der Waals surface area contributed by atoms with Crippen LogP contribution in [0.25, 0.3) is 0 Å². The normalized spacial score (nSPS) is 18.8. The van der Waals surface area contributed by atoms with Gasteiger partial charge in [-0.1, -0.05) is 0 Å². The van der Waals surface area contributed by atoms with Gasteiger partial charge in [0.05, 0.1) is 0 Å². The van der Waals surface area contributed by atoms with Crippen molar-refractivity contribution >= 4 is 12.0 Å². The Labute approximate surface area is 102 Å². The number of amides is 2. The maximum Gasteiger partial charge on any atom is 0.410 e. The summed E-state index contributed by atoms with van der Waals surface area (Å²) in [5.41, 5.74) is -0.488. The summed E-state index contributed by atoms with van der Waals surface area (Å²) in [7, 11) is 0. The van der Waals surface area contributed by atoms with Crippen LogP contribution in [-0.2, 0) is 9.53 Å². The van der Waals surface area contributed by atoms with Crippen LogP contribution in [0, 0.1) is 0 Å². The maximum atomic E-state index is 11.9. The molecule has 0 atom stereocenters. The number of ether oxygens (including phenoxy) is 1. The minimum Gasteiger partial charge on any atom is -0.444 e. The number of hydrogen-bond acceptors (Lipinski definition) is 3. The molecule has 2 amide bonds. The molecule has 0 spiro atoms. The lowest BCUT2D eigenvalue weighted by Gasteiger charge is -2.26. The van der Waals surface area contributed by atoms with Gasteiger partial charge in [0.25, 0.3) is 0 Å². The van der Waals surface area contributed by atoms with Crippen LogP contribution in [0.1, 0.15) is 40.0 Å². The van der Waals surface area contributed by atoms with Crippen molar-refractivity contribution < 1.29 is 14.3 Å². The molecule has 1 aliphatic heterocycles. The first-order valence-corrected chi connectivity index (χ1v) is 6.13. The van der Waals surface area contributed by atoms with Crippen LogP contribution < -0.4 is 5.32 Å². The fourth-order valence-corrected chi connectivity index (χ4v) is 1.60. The maximum absolute atomic E-state index is 11.9. The summed E-state index contributed by atoms with van der Waals surface area (Å²) in [4.78, 5) is 24.8. The third kappa shape index (κ3) is 5.56. The van der Waals surface area contributed by atoms with E-state index in [4.69, 9.17) is 4.74 Å². The van der Waals surface area contributed by atoms with Crippen molar-refractivity contribution in [3.8, 4) is 0 Å². The summed E-state index contributed by atoms with van der Waals surface area (Å²) in [5.74, 6) is 0.000425. The monoisotopic (exact) mass is 242 g/mol. The highest BCUT2D eigenvalue weighted by Crippen LogP contribution is 2.11. The van der Waals surface area contributed by atoms with Gasteiger partial charge < -0.3 is 15.0 Å². The van der Waals surface area contributed by atoms with E-state index in [9.17, 15) is 9.59 Å². The molecule has 1 heterocycles. The minimum absolute atomic E-state index is 0.000425. The van der Waals surface area contributed by atoms with Gasteiger partial charge >= 0.3 is 6.09 Å². The standard InChI is InChI=1S/C12H22N2O3/c1-12(2,3)17-11(16)14-8-5-4-7-13-10(15)6-9-14/h4-9H2,1-3H3,(H,13,15). The van der Waals surface area contributed by atoms with E-state index in [1.165, 1.54) is 0 Å². The molecule has 1 fully saturated rings. The Bertz CT molecular complexity index is 284. The average Bonchev–Trinajstić information content (AvgIpc) is 2.27. The first-order valence-electron chi connectivity index (χ1n) is 6.13. The summed E-state index contributed by atoms with van der Waals surface area (Å²) in [6.45, 7) is 7.31. The van der Waals surface area contributed by atoms with E-state index in [2.05, 4.69) is 5.32 Å². The number of carbonyl (C=O) groups is 2. The lowest BCUT2D eigenvalue weighted by molar-refractivity contribution is -0.121. The largest absolute Gasteiger partial charge is 0.444 e. The minimum atomic E-state index is -0.488. The van der Waals surface area contributed by atoms with Gasteiger partial charge in [0.2, 0.25) is 5.91 Å². The fraction of sp³-hybridized carbons (Fsp3) is 0.833. The highest BCUT2D eigenvalue weighted by Gasteiger charge is 2.22. The fourth-order valence-electron chi connectivity index (χ4n) is 1.60. The van der Waals surface area contributed by atoms with E-state index in [1.54, 1.807) is 4.90 Å². The molecule has 1 saturated heterocycles. The van der Waals surface area contributed by atoms with Gasteiger partial charge in [0.15, 0.2) is 0 Å². The van der Waals surface area contributed by atoms with Crippen molar-refractivity contribution in [1.29, 1.82) is 0 Å². The molecule has 1 aliphatic rings. The third-order valence-corrected chi connectivity index (χ3v) is 2.44. The number of nitrogens with zero attached hydrogens (tertiary/aromatic N) is 1. The van der Waals surface area contributed by atoms with Crippen molar-refractivity contribution in [1.82, 2.24) is 10.2 Å². The molecular formula is C12H22N2O3. The van der Waals surface area contributed by atoms with Crippen molar-refractivity contribution in [2.75, 3.05) is 19.6 Å². The lowest BCUT2D eigenvalue weighted by Crippen LogP contribution is -2.38. The van der Waals surface area contributed by atoms with Gasteiger partial charge in [-0.05, 0) is 33.6 Å². The SMILES string of the molecule is CC(C)(C)OC(=O)N1CCCCNC(=O)CC1. The lowest BCUT2D eigenvalue weighted by atomic mass is 10.2. The molecule has 0 bridgehead atoms. The molecule has 0 aliphatic carbocycles. The van der Waals surface area contributed by atoms with E-state index in [-0.39, 0.29) is 12.0 Å². The first-order chi connectivity index (χ1) is 7.88. The molecule has 1 rings (SSSR count). The molecule has 0 unspecified atom stereocenters. The third-order valence-electron chi connectivity index (χ3n) is 2.44. The molecule has 0 saturated carbocycles. The summed E-state index contributed by atoms with van der Waals surface area (Å²) < 4.78 is 5.30. The van der Waals surface area contributed by atoms with Gasteiger partial charge in [0, 0.05) is 26.1 Å². The molecule has 98 valence electrons. The van der Waals surface area contributed by atoms with Crippen molar-refractivity contribution in [2.45, 2.75) is 45.6 Å². The van der Waals surface area contributed by atoms with Crippen LogP contribution in [0.5, 0.6) is 0 Å². The van der Waals surface area contributed by atoms with E-state index in [0.29, 0.717) is 26.1 Å². The molecule has 0 aromatic heterocycles. The zero-order valence-electron chi connectivity index (χ0n) is 10.9. The van der Waals surface area contributed by atoms with Gasteiger partial charge in [0.1, 0.15) is 5.60 Å². The van der Waals surface area contributed by atoms with Gasteiger partial charge in [-0.2, -0.15) is 0 Å². The van der Waals surface area contributed by atoms with Crippen LogP contribution >= 0.6 is 0 Å². The molecule has 0 radical (unpaired) electrons. The summed E-state index contributed by atoms with van der Waals surface area (Å²) >= 11 is 0.